The van der Waals surface area contributed by atoms with Gasteiger partial charge in [-0.2, -0.15) is 8.42 Å². The molecule has 0 aliphatic carbocycles. The average molecular weight is 313 g/mol. The largest absolute Gasteiger partial charge is 0.416 e. The Morgan fingerprint density at radius 3 is 2.48 bits per heavy atom. The summed E-state index contributed by atoms with van der Waals surface area (Å²) in [5.41, 5.74) is 0.967. The second-order valence-electron chi connectivity index (χ2n) is 4.46. The number of rotatable bonds is 7. The Labute approximate surface area is 124 Å². The number of hydrogen-bond donors (Lipinski definition) is 1. The summed E-state index contributed by atoms with van der Waals surface area (Å²) in [6, 6.07) is 6.39. The van der Waals surface area contributed by atoms with Crippen molar-refractivity contribution in [3.63, 3.8) is 0 Å². The van der Waals surface area contributed by atoms with Gasteiger partial charge in [-0.15, -0.1) is 0 Å². The van der Waals surface area contributed by atoms with E-state index in [-0.39, 0.29) is 23.8 Å². The highest BCUT2D eigenvalue weighted by molar-refractivity contribution is 7.86. The van der Waals surface area contributed by atoms with E-state index in [1.807, 2.05) is 6.92 Å². The van der Waals surface area contributed by atoms with Gasteiger partial charge in [-0.1, -0.05) is 24.3 Å². The number of benzene rings is 1. The van der Waals surface area contributed by atoms with E-state index in [1.54, 1.807) is 19.1 Å². The standard InChI is InChI=1S/C14H19NO5S/c1-11(2)20-14(16)15-9-4-10-19-21(17,18)13-7-5-12(3)6-8-13/h5-8H,1,4,9-10H2,2-3H3,(H,15,16). The molecule has 0 spiro atoms. The molecule has 6 nitrogen and oxygen atoms in total. The van der Waals surface area contributed by atoms with Crippen molar-refractivity contribution in [3.8, 4) is 0 Å². The van der Waals surface area contributed by atoms with Crippen molar-refractivity contribution in [1.82, 2.24) is 5.32 Å². The number of amides is 1. The number of aryl methyl sites for hydroxylation is 1. The van der Waals surface area contributed by atoms with E-state index in [0.29, 0.717) is 6.42 Å². The van der Waals surface area contributed by atoms with E-state index < -0.39 is 16.2 Å². The molecular formula is C14H19NO5S. The third kappa shape index (κ3) is 6.42. The van der Waals surface area contributed by atoms with Crippen molar-refractivity contribution in [2.75, 3.05) is 13.2 Å². The summed E-state index contributed by atoms with van der Waals surface area (Å²) in [6.07, 6.45) is -0.278. The van der Waals surface area contributed by atoms with Gasteiger partial charge in [-0.05, 0) is 32.4 Å². The first-order valence-corrected chi connectivity index (χ1v) is 7.79. The summed E-state index contributed by atoms with van der Waals surface area (Å²) >= 11 is 0. The summed E-state index contributed by atoms with van der Waals surface area (Å²) in [7, 11) is -3.75. The number of carbonyl (C=O) groups excluding carboxylic acids is 1. The first-order valence-electron chi connectivity index (χ1n) is 6.38. The van der Waals surface area contributed by atoms with Crippen LogP contribution in [0, 0.1) is 6.92 Å². The molecule has 0 fully saturated rings. The predicted molar refractivity (Wildman–Crippen MR) is 78.2 cm³/mol. The second kappa shape index (κ2) is 7.80. The highest BCUT2D eigenvalue weighted by Gasteiger charge is 2.14. The number of carbonyl (C=O) groups is 1. The monoisotopic (exact) mass is 313 g/mol. The van der Waals surface area contributed by atoms with E-state index >= 15 is 0 Å². The predicted octanol–water partition coefficient (Wildman–Crippen LogP) is 2.35. The maximum Gasteiger partial charge on any atom is 0.412 e. The molecule has 0 saturated carbocycles. The van der Waals surface area contributed by atoms with Crippen molar-refractivity contribution < 1.29 is 22.1 Å². The first-order chi connectivity index (χ1) is 9.81. The molecule has 1 aromatic rings. The molecular weight excluding hydrogens is 294 g/mol. The number of nitrogens with one attached hydrogen (secondary N) is 1. The quantitative estimate of drug-likeness (QED) is 0.475. The summed E-state index contributed by atoms with van der Waals surface area (Å²) in [4.78, 5) is 11.2. The van der Waals surface area contributed by atoms with Crippen LogP contribution in [0.5, 0.6) is 0 Å². The number of allylic oxidation sites excluding steroid dienone is 1. The molecule has 1 N–H and O–H groups in total. The Morgan fingerprint density at radius 1 is 1.29 bits per heavy atom. The summed E-state index contributed by atoms with van der Waals surface area (Å²) in [6.45, 7) is 7.07. The summed E-state index contributed by atoms with van der Waals surface area (Å²) in [5, 5.41) is 2.45. The lowest BCUT2D eigenvalue weighted by atomic mass is 10.2. The smallest absolute Gasteiger partial charge is 0.412 e. The van der Waals surface area contributed by atoms with Crippen LogP contribution in [0.3, 0.4) is 0 Å². The molecule has 1 amide bonds. The Bertz CT molecular complexity index is 592. The van der Waals surface area contributed by atoms with Crippen LogP contribution in [0.25, 0.3) is 0 Å². The SMILES string of the molecule is C=C(C)OC(=O)NCCCOS(=O)(=O)c1ccc(C)cc1. The van der Waals surface area contributed by atoms with Gasteiger partial charge in [0.1, 0.15) is 0 Å². The third-order valence-corrected chi connectivity index (χ3v) is 3.73. The molecule has 1 rings (SSSR count). The van der Waals surface area contributed by atoms with Gasteiger partial charge in [0.25, 0.3) is 10.1 Å². The van der Waals surface area contributed by atoms with Gasteiger partial charge < -0.3 is 10.1 Å². The summed E-state index contributed by atoms with van der Waals surface area (Å²) in [5.74, 6) is 0.283. The Balaban J connectivity index is 2.33. The molecule has 0 bridgehead atoms. The lowest BCUT2D eigenvalue weighted by Crippen LogP contribution is -2.25. The molecule has 0 atom stereocenters. The molecule has 0 saturated heterocycles. The van der Waals surface area contributed by atoms with Gasteiger partial charge in [0.15, 0.2) is 0 Å². The van der Waals surface area contributed by atoms with Gasteiger partial charge in [0.05, 0.1) is 17.3 Å². The molecule has 21 heavy (non-hydrogen) atoms. The van der Waals surface area contributed by atoms with Crippen molar-refractivity contribution in [2.45, 2.75) is 25.2 Å². The van der Waals surface area contributed by atoms with Crippen molar-refractivity contribution >= 4 is 16.2 Å². The lowest BCUT2D eigenvalue weighted by molar-refractivity contribution is 0.176. The van der Waals surface area contributed by atoms with Gasteiger partial charge in [0, 0.05) is 6.54 Å². The molecule has 0 radical (unpaired) electrons. The third-order valence-electron chi connectivity index (χ3n) is 2.41. The Hall–Kier alpha value is -1.86. The van der Waals surface area contributed by atoms with Crippen LogP contribution in [0.15, 0.2) is 41.5 Å². The normalized spacial score (nSPS) is 11.0. The fraction of sp³-hybridized carbons (Fsp3) is 0.357. The lowest BCUT2D eigenvalue weighted by Gasteiger charge is -2.07. The van der Waals surface area contributed by atoms with E-state index in [2.05, 4.69) is 16.6 Å². The number of ether oxygens (including phenoxy) is 1. The zero-order chi connectivity index (χ0) is 15.9. The average Bonchev–Trinajstić information content (AvgIpc) is 2.37. The molecule has 116 valence electrons. The van der Waals surface area contributed by atoms with Gasteiger partial charge >= 0.3 is 6.09 Å². The van der Waals surface area contributed by atoms with Crippen LogP contribution in [-0.4, -0.2) is 27.7 Å². The van der Waals surface area contributed by atoms with Crippen LogP contribution < -0.4 is 5.32 Å². The fourth-order valence-electron chi connectivity index (χ4n) is 1.40. The summed E-state index contributed by atoms with van der Waals surface area (Å²) < 4.78 is 33.2. The van der Waals surface area contributed by atoms with Gasteiger partial charge in [0.2, 0.25) is 0 Å². The van der Waals surface area contributed by atoms with Crippen LogP contribution >= 0.6 is 0 Å². The first kappa shape index (κ1) is 17.2. The zero-order valence-electron chi connectivity index (χ0n) is 12.1. The van der Waals surface area contributed by atoms with Gasteiger partial charge in [-0.25, -0.2) is 4.79 Å². The molecule has 0 aliphatic heterocycles. The molecule has 1 aromatic carbocycles. The molecule has 0 heterocycles. The highest BCUT2D eigenvalue weighted by atomic mass is 32.2. The van der Waals surface area contributed by atoms with Crippen LogP contribution in [0.4, 0.5) is 4.79 Å². The van der Waals surface area contributed by atoms with Crippen LogP contribution in [0.1, 0.15) is 18.9 Å². The fourth-order valence-corrected chi connectivity index (χ4v) is 2.34. The van der Waals surface area contributed by atoms with E-state index in [1.165, 1.54) is 12.1 Å². The van der Waals surface area contributed by atoms with Crippen molar-refractivity contribution in [2.24, 2.45) is 0 Å². The Kier molecular flexibility index (Phi) is 6.39. The van der Waals surface area contributed by atoms with E-state index in [0.717, 1.165) is 5.56 Å². The Morgan fingerprint density at radius 2 is 1.90 bits per heavy atom. The van der Waals surface area contributed by atoms with Gasteiger partial charge in [-0.3, -0.25) is 4.18 Å². The maximum atomic E-state index is 11.8. The minimum Gasteiger partial charge on any atom is -0.416 e. The topological polar surface area (TPSA) is 81.7 Å². The minimum absolute atomic E-state index is 0.0242. The minimum atomic E-state index is -3.75. The van der Waals surface area contributed by atoms with Crippen molar-refractivity contribution in [1.29, 1.82) is 0 Å². The van der Waals surface area contributed by atoms with E-state index in [9.17, 15) is 13.2 Å². The van der Waals surface area contributed by atoms with Crippen molar-refractivity contribution in [3.05, 3.63) is 42.2 Å². The molecule has 0 aliphatic rings. The zero-order valence-corrected chi connectivity index (χ0v) is 12.9. The number of alkyl carbamates (subject to hydrolysis) is 1. The van der Waals surface area contributed by atoms with E-state index in [4.69, 9.17) is 4.18 Å². The second-order valence-corrected chi connectivity index (χ2v) is 6.08. The molecule has 0 aromatic heterocycles. The molecule has 7 heteroatoms. The van der Waals surface area contributed by atoms with Crippen LogP contribution in [-0.2, 0) is 19.0 Å². The number of hydrogen-bond acceptors (Lipinski definition) is 5. The van der Waals surface area contributed by atoms with Crippen LogP contribution in [0.2, 0.25) is 0 Å². The maximum absolute atomic E-state index is 11.8. The molecule has 0 unspecified atom stereocenters. The highest BCUT2D eigenvalue weighted by Crippen LogP contribution is 2.13.